The maximum absolute atomic E-state index is 14.3. The lowest BCUT2D eigenvalue weighted by atomic mass is 9.95. The molecule has 53 heavy (non-hydrogen) atoms. The van der Waals surface area contributed by atoms with Gasteiger partial charge in [-0.15, -0.1) is 0 Å². The number of benzene rings is 2. The van der Waals surface area contributed by atoms with Crippen LogP contribution >= 0.6 is 0 Å². The van der Waals surface area contributed by atoms with Crippen molar-refractivity contribution in [1.29, 1.82) is 0 Å². The SMILES string of the molecule is CC[C@H](C)[C@@H](C(=O)N[C@@H](Cc1ccccc1)[C@H](O)CN(CC(C)C)S(=O)(=O)c1ccc(CN=O)cc1)N1CCN(Cc2ccnc(C(C)N=O)c2)C1=O. The Labute approximate surface area is 312 Å². The predicted molar refractivity (Wildman–Crippen MR) is 202 cm³/mol. The number of nitrogens with zero attached hydrogens (tertiary/aromatic N) is 6. The van der Waals surface area contributed by atoms with Crippen molar-refractivity contribution in [3.8, 4) is 0 Å². The number of aromatic nitrogens is 1. The monoisotopic (exact) mass is 749 g/mol. The maximum atomic E-state index is 14.3. The van der Waals surface area contributed by atoms with Crippen molar-refractivity contribution < 1.29 is 23.1 Å². The first-order chi connectivity index (χ1) is 25.3. The van der Waals surface area contributed by atoms with Gasteiger partial charge in [0.25, 0.3) is 0 Å². The molecular weight excluding hydrogens is 699 g/mol. The second-order valence-electron chi connectivity index (χ2n) is 14.1. The molecule has 15 heteroatoms. The molecule has 0 saturated carbocycles. The minimum absolute atomic E-state index is 0.00971. The number of hydrogen-bond acceptors (Lipinski definition) is 10. The van der Waals surface area contributed by atoms with Crippen molar-refractivity contribution in [2.24, 2.45) is 22.2 Å². The maximum Gasteiger partial charge on any atom is 0.321 e. The molecule has 0 aliphatic carbocycles. The van der Waals surface area contributed by atoms with Crippen LogP contribution in [-0.2, 0) is 34.3 Å². The highest BCUT2D eigenvalue weighted by atomic mass is 32.2. The summed E-state index contributed by atoms with van der Waals surface area (Å²) in [6.07, 6.45) is 1.07. The Bertz CT molecular complexity index is 1790. The molecular formula is C38H51N7O7S. The van der Waals surface area contributed by atoms with Crippen LogP contribution in [0.25, 0.3) is 0 Å². The van der Waals surface area contributed by atoms with E-state index in [2.05, 4.69) is 20.7 Å². The van der Waals surface area contributed by atoms with Crippen LogP contribution in [0.15, 0.2) is 88.2 Å². The smallest absolute Gasteiger partial charge is 0.321 e. The lowest BCUT2D eigenvalue weighted by Crippen LogP contribution is -2.57. The number of hydrogen-bond donors (Lipinski definition) is 2. The minimum Gasteiger partial charge on any atom is -0.390 e. The molecule has 4 rings (SSSR count). The molecule has 3 amide bonds. The molecule has 1 saturated heterocycles. The van der Waals surface area contributed by atoms with Gasteiger partial charge in [-0.3, -0.25) is 9.78 Å². The van der Waals surface area contributed by atoms with E-state index in [-0.39, 0.29) is 55.4 Å². The van der Waals surface area contributed by atoms with Crippen molar-refractivity contribution in [3.05, 3.63) is 105 Å². The van der Waals surface area contributed by atoms with Crippen LogP contribution in [-0.4, -0.2) is 88.9 Å². The number of nitroso groups, excluding NO2 is 2. The van der Waals surface area contributed by atoms with Crippen molar-refractivity contribution >= 4 is 22.0 Å². The van der Waals surface area contributed by atoms with Gasteiger partial charge in [-0.05, 0) is 66.1 Å². The first-order valence-corrected chi connectivity index (χ1v) is 19.5. The summed E-state index contributed by atoms with van der Waals surface area (Å²) < 4.78 is 29.1. The number of aliphatic hydroxyl groups excluding tert-OH is 1. The third-order valence-corrected chi connectivity index (χ3v) is 11.4. The van der Waals surface area contributed by atoms with E-state index < -0.39 is 40.2 Å². The number of urea groups is 1. The Hall–Kier alpha value is -4.60. The lowest BCUT2D eigenvalue weighted by molar-refractivity contribution is -0.128. The van der Waals surface area contributed by atoms with Crippen LogP contribution in [0.2, 0.25) is 0 Å². The normalized spacial score (nSPS) is 16.3. The predicted octanol–water partition coefficient (Wildman–Crippen LogP) is 5.26. The fourth-order valence-corrected chi connectivity index (χ4v) is 8.08. The lowest BCUT2D eigenvalue weighted by Gasteiger charge is -2.35. The van der Waals surface area contributed by atoms with Crippen molar-refractivity contribution in [1.82, 2.24) is 24.4 Å². The second-order valence-corrected chi connectivity index (χ2v) is 16.1. The first-order valence-electron chi connectivity index (χ1n) is 18.0. The van der Waals surface area contributed by atoms with Gasteiger partial charge in [-0.25, -0.2) is 13.2 Å². The quantitative estimate of drug-likeness (QED) is 0.147. The highest BCUT2D eigenvalue weighted by molar-refractivity contribution is 7.89. The van der Waals surface area contributed by atoms with E-state index in [0.717, 1.165) is 11.1 Å². The molecule has 1 unspecified atom stereocenters. The van der Waals surface area contributed by atoms with Crippen molar-refractivity contribution in [2.75, 3.05) is 26.2 Å². The molecule has 2 aromatic carbocycles. The molecule has 2 N–H and O–H groups in total. The zero-order chi connectivity index (χ0) is 38.7. The minimum atomic E-state index is -4.08. The van der Waals surface area contributed by atoms with Crippen LogP contribution in [0.5, 0.6) is 0 Å². The molecule has 1 aliphatic rings. The van der Waals surface area contributed by atoms with Gasteiger partial charge in [0.05, 0.1) is 22.7 Å². The summed E-state index contributed by atoms with van der Waals surface area (Å²) in [7, 11) is -4.08. The van der Waals surface area contributed by atoms with Crippen LogP contribution in [0.3, 0.4) is 0 Å². The van der Waals surface area contributed by atoms with Gasteiger partial charge in [0, 0.05) is 38.9 Å². The Morgan fingerprint density at radius 1 is 0.962 bits per heavy atom. The van der Waals surface area contributed by atoms with Gasteiger partial charge in [0.1, 0.15) is 18.6 Å². The third kappa shape index (κ3) is 10.7. The van der Waals surface area contributed by atoms with E-state index in [1.165, 1.54) is 28.6 Å². The number of carbonyl (C=O) groups excluding carboxylic acids is 2. The summed E-state index contributed by atoms with van der Waals surface area (Å²) in [5.74, 6) is -0.764. The molecule has 2 heterocycles. The zero-order valence-corrected chi connectivity index (χ0v) is 31.9. The molecule has 1 aliphatic heterocycles. The Morgan fingerprint density at radius 3 is 2.28 bits per heavy atom. The number of aliphatic hydroxyl groups is 1. The molecule has 14 nitrogen and oxygen atoms in total. The molecule has 3 aromatic rings. The van der Waals surface area contributed by atoms with E-state index in [1.54, 1.807) is 35.1 Å². The average Bonchev–Trinajstić information content (AvgIpc) is 3.49. The summed E-state index contributed by atoms with van der Waals surface area (Å²) >= 11 is 0. The van der Waals surface area contributed by atoms with Gasteiger partial charge >= 0.3 is 6.03 Å². The number of carbonyl (C=O) groups is 2. The topological polar surface area (TPSA) is 182 Å². The molecule has 0 radical (unpaired) electrons. The standard InChI is InChI=1S/C38H51N7O7S/c1-6-27(4)36(45-19-18-43(38(45)48)24-31-16-17-39-33(21-31)28(5)42-50)37(47)41-34(20-29-10-8-7-9-11-29)35(46)25-44(23-26(2)3)53(51,52)32-14-12-30(13-15-32)22-40-49/h7-17,21,26-28,34-36,46H,6,18-20,22-25H2,1-5H3,(H,41,47)/t27-,28?,34-,35+,36-/m0/s1. The van der Waals surface area contributed by atoms with E-state index in [0.29, 0.717) is 30.8 Å². The first kappa shape index (κ1) is 41.2. The fraction of sp³-hybridized carbons (Fsp3) is 0.500. The average molecular weight is 750 g/mol. The highest BCUT2D eigenvalue weighted by Crippen LogP contribution is 2.25. The van der Waals surface area contributed by atoms with Crippen LogP contribution in [0, 0.1) is 21.6 Å². The van der Waals surface area contributed by atoms with E-state index in [4.69, 9.17) is 0 Å². The molecule has 0 bridgehead atoms. The van der Waals surface area contributed by atoms with Crippen LogP contribution < -0.4 is 5.32 Å². The summed E-state index contributed by atoms with van der Waals surface area (Å²) in [4.78, 5) is 57.4. The van der Waals surface area contributed by atoms with Crippen molar-refractivity contribution in [3.63, 3.8) is 0 Å². The number of amides is 3. The molecule has 286 valence electrons. The van der Waals surface area contributed by atoms with E-state index >= 15 is 0 Å². The van der Waals surface area contributed by atoms with Crippen LogP contribution in [0.1, 0.15) is 69.5 Å². The van der Waals surface area contributed by atoms with Gasteiger partial charge in [0.15, 0.2) is 0 Å². The van der Waals surface area contributed by atoms with Crippen LogP contribution in [0.4, 0.5) is 4.79 Å². The number of pyridine rings is 1. The van der Waals surface area contributed by atoms with Gasteiger partial charge in [-0.2, -0.15) is 14.1 Å². The number of nitrogens with one attached hydrogen (secondary N) is 1. The number of sulfonamides is 1. The van der Waals surface area contributed by atoms with Gasteiger partial charge in [-0.1, -0.05) is 86.9 Å². The molecule has 5 atom stereocenters. The van der Waals surface area contributed by atoms with Gasteiger partial charge < -0.3 is 20.2 Å². The number of rotatable bonds is 20. The highest BCUT2D eigenvalue weighted by Gasteiger charge is 2.41. The van der Waals surface area contributed by atoms with Gasteiger partial charge in [0.2, 0.25) is 15.9 Å². The summed E-state index contributed by atoms with van der Waals surface area (Å²) in [5.41, 5.74) is 2.69. The van der Waals surface area contributed by atoms with E-state index in [1.807, 2.05) is 58.0 Å². The third-order valence-electron chi connectivity index (χ3n) is 9.58. The molecule has 1 fully saturated rings. The Balaban J connectivity index is 1.58. The summed E-state index contributed by atoms with van der Waals surface area (Å²) in [5, 5.41) is 20.8. The van der Waals surface area contributed by atoms with E-state index in [9.17, 15) is 32.9 Å². The molecule has 0 spiro atoms. The van der Waals surface area contributed by atoms with Crippen molar-refractivity contribution in [2.45, 2.75) is 89.7 Å². The zero-order valence-electron chi connectivity index (χ0n) is 31.0. The second kappa shape index (κ2) is 18.9. The fourth-order valence-electron chi connectivity index (χ4n) is 6.46. The summed E-state index contributed by atoms with van der Waals surface area (Å²) in [6.45, 7) is 9.91. The largest absolute Gasteiger partial charge is 0.390 e. The molecule has 1 aromatic heterocycles. The Morgan fingerprint density at radius 2 is 1.66 bits per heavy atom. The summed E-state index contributed by atoms with van der Waals surface area (Å²) in [6, 6.07) is 16.0. The Kier molecular flexibility index (Phi) is 14.7.